The zero-order valence-corrected chi connectivity index (χ0v) is 8.89. The number of amides is 2. The molecule has 6 heteroatoms. The van der Waals surface area contributed by atoms with Crippen LogP contribution in [0, 0.1) is 5.92 Å². The number of primary amides is 1. The largest absolute Gasteiger partial charge is 0.368 e. The summed E-state index contributed by atoms with van der Waals surface area (Å²) >= 11 is 0. The number of nitrogens with two attached hydrogens (primary N) is 1. The molecule has 2 amide bonds. The third-order valence-corrected chi connectivity index (χ3v) is 2.37. The lowest BCUT2D eigenvalue weighted by atomic mass is 9.98. The number of carbonyl (C=O) groups excluding carboxylic acids is 2. The number of halogens is 1. The van der Waals surface area contributed by atoms with Crippen molar-refractivity contribution in [3.05, 3.63) is 0 Å². The van der Waals surface area contributed by atoms with Crippen LogP contribution in [0.3, 0.4) is 0 Å². The number of nitrogens with one attached hydrogen (secondary N) is 2. The standard InChI is InChI=1S/C8H15N3O2.ClH/c1-10-6(7(9)12)4-5-2-3-11-8(5)13;/h5-6,10H,2-4H2,1H3,(H2,9,12)(H,11,13);1H/t5-,6-;/m0./s1. The molecule has 0 saturated carbocycles. The van der Waals surface area contributed by atoms with Crippen LogP contribution >= 0.6 is 12.4 Å². The summed E-state index contributed by atoms with van der Waals surface area (Å²) in [5.41, 5.74) is 5.14. The van der Waals surface area contributed by atoms with E-state index < -0.39 is 11.9 Å². The number of carbonyl (C=O) groups is 2. The van der Waals surface area contributed by atoms with E-state index in [1.54, 1.807) is 7.05 Å². The van der Waals surface area contributed by atoms with Gasteiger partial charge in [0.2, 0.25) is 11.8 Å². The van der Waals surface area contributed by atoms with Crippen LogP contribution in [0.4, 0.5) is 0 Å². The third kappa shape index (κ3) is 3.16. The lowest BCUT2D eigenvalue weighted by Crippen LogP contribution is -2.41. The van der Waals surface area contributed by atoms with Gasteiger partial charge in [0.15, 0.2) is 0 Å². The van der Waals surface area contributed by atoms with Gasteiger partial charge < -0.3 is 16.4 Å². The SMILES string of the molecule is CN[C@@H](C[C@@H]1CCNC1=O)C(N)=O.Cl. The van der Waals surface area contributed by atoms with Crippen LogP contribution in [0.2, 0.25) is 0 Å². The molecule has 0 radical (unpaired) electrons. The van der Waals surface area contributed by atoms with Crippen LogP contribution in [0.15, 0.2) is 0 Å². The van der Waals surface area contributed by atoms with Gasteiger partial charge in [-0.05, 0) is 19.9 Å². The quantitative estimate of drug-likeness (QED) is 0.570. The number of likely N-dealkylation sites (N-methyl/N-ethyl adjacent to an activating group) is 1. The van der Waals surface area contributed by atoms with E-state index in [1.807, 2.05) is 0 Å². The molecule has 0 aromatic carbocycles. The maximum atomic E-state index is 11.2. The molecule has 82 valence electrons. The first-order valence-corrected chi connectivity index (χ1v) is 4.39. The summed E-state index contributed by atoms with van der Waals surface area (Å²) in [7, 11) is 1.67. The summed E-state index contributed by atoms with van der Waals surface area (Å²) in [4.78, 5) is 22.0. The lowest BCUT2D eigenvalue weighted by molar-refractivity contribution is -0.123. The molecule has 1 heterocycles. The third-order valence-electron chi connectivity index (χ3n) is 2.37. The van der Waals surface area contributed by atoms with E-state index in [2.05, 4.69) is 10.6 Å². The molecular formula is C8H16ClN3O2. The van der Waals surface area contributed by atoms with Gasteiger partial charge in [0, 0.05) is 12.5 Å². The van der Waals surface area contributed by atoms with Gasteiger partial charge in [0.05, 0.1) is 6.04 Å². The highest BCUT2D eigenvalue weighted by atomic mass is 35.5. The van der Waals surface area contributed by atoms with E-state index in [9.17, 15) is 9.59 Å². The fourth-order valence-corrected chi connectivity index (χ4v) is 1.53. The molecule has 14 heavy (non-hydrogen) atoms. The number of hydrogen-bond acceptors (Lipinski definition) is 3. The molecule has 1 rings (SSSR count). The Kier molecular flexibility index (Phi) is 5.49. The van der Waals surface area contributed by atoms with Crippen molar-refractivity contribution in [2.75, 3.05) is 13.6 Å². The van der Waals surface area contributed by atoms with Crippen molar-refractivity contribution in [2.24, 2.45) is 11.7 Å². The molecule has 0 aliphatic carbocycles. The van der Waals surface area contributed by atoms with Crippen LogP contribution in [-0.4, -0.2) is 31.4 Å². The average Bonchev–Trinajstić information content (AvgIpc) is 2.46. The second-order valence-electron chi connectivity index (χ2n) is 3.26. The Morgan fingerprint density at radius 1 is 1.79 bits per heavy atom. The highest BCUT2D eigenvalue weighted by Gasteiger charge is 2.28. The molecule has 1 saturated heterocycles. The van der Waals surface area contributed by atoms with Crippen molar-refractivity contribution in [1.82, 2.24) is 10.6 Å². The summed E-state index contributed by atoms with van der Waals surface area (Å²) in [5, 5.41) is 5.51. The molecule has 0 aromatic heterocycles. The summed E-state index contributed by atoms with van der Waals surface area (Å²) in [6.45, 7) is 0.707. The number of hydrogen-bond donors (Lipinski definition) is 3. The molecular weight excluding hydrogens is 206 g/mol. The minimum atomic E-state index is -0.401. The first-order valence-electron chi connectivity index (χ1n) is 4.39. The van der Waals surface area contributed by atoms with Crippen LogP contribution in [0.25, 0.3) is 0 Å². The second kappa shape index (κ2) is 5.82. The summed E-state index contributed by atoms with van der Waals surface area (Å²) in [5.74, 6) is -0.436. The normalized spacial score (nSPS) is 22.4. The van der Waals surface area contributed by atoms with Gasteiger partial charge in [0.25, 0.3) is 0 Å². The van der Waals surface area contributed by atoms with Crippen molar-refractivity contribution in [1.29, 1.82) is 0 Å². The van der Waals surface area contributed by atoms with Crippen molar-refractivity contribution >= 4 is 24.2 Å². The van der Waals surface area contributed by atoms with Gasteiger partial charge in [0.1, 0.15) is 0 Å². The topological polar surface area (TPSA) is 84.2 Å². The van der Waals surface area contributed by atoms with E-state index in [0.717, 1.165) is 6.42 Å². The molecule has 5 nitrogen and oxygen atoms in total. The smallest absolute Gasteiger partial charge is 0.234 e. The molecule has 0 spiro atoms. The molecule has 1 fully saturated rings. The van der Waals surface area contributed by atoms with E-state index in [0.29, 0.717) is 13.0 Å². The van der Waals surface area contributed by atoms with Gasteiger partial charge in [-0.25, -0.2) is 0 Å². The van der Waals surface area contributed by atoms with Gasteiger partial charge >= 0.3 is 0 Å². The predicted octanol–water partition coefficient (Wildman–Crippen LogP) is -0.992. The van der Waals surface area contributed by atoms with Crippen LogP contribution < -0.4 is 16.4 Å². The molecule has 4 N–H and O–H groups in total. The first-order chi connectivity index (χ1) is 6.15. The molecule has 0 bridgehead atoms. The Morgan fingerprint density at radius 2 is 2.43 bits per heavy atom. The van der Waals surface area contributed by atoms with Gasteiger partial charge in [-0.3, -0.25) is 9.59 Å². The Morgan fingerprint density at radius 3 is 2.79 bits per heavy atom. The van der Waals surface area contributed by atoms with Crippen LogP contribution in [0.1, 0.15) is 12.8 Å². The average molecular weight is 222 g/mol. The maximum absolute atomic E-state index is 11.2. The zero-order valence-electron chi connectivity index (χ0n) is 8.08. The Labute approximate surface area is 89.2 Å². The van der Waals surface area contributed by atoms with E-state index in [1.165, 1.54) is 0 Å². The lowest BCUT2D eigenvalue weighted by Gasteiger charge is -2.14. The Bertz CT molecular complexity index is 223. The second-order valence-corrected chi connectivity index (χ2v) is 3.26. The fourth-order valence-electron chi connectivity index (χ4n) is 1.53. The summed E-state index contributed by atoms with van der Waals surface area (Å²) in [6.07, 6.45) is 1.29. The summed E-state index contributed by atoms with van der Waals surface area (Å²) < 4.78 is 0. The van der Waals surface area contributed by atoms with Crippen molar-refractivity contribution in [2.45, 2.75) is 18.9 Å². The Balaban J connectivity index is 0.00000169. The molecule has 0 aromatic rings. The minimum absolute atomic E-state index is 0. The van der Waals surface area contributed by atoms with Crippen molar-refractivity contribution in [3.8, 4) is 0 Å². The summed E-state index contributed by atoms with van der Waals surface area (Å²) in [6, 6.07) is -0.395. The zero-order chi connectivity index (χ0) is 9.84. The molecule has 0 unspecified atom stereocenters. The fraction of sp³-hybridized carbons (Fsp3) is 0.750. The first kappa shape index (κ1) is 13.2. The van der Waals surface area contributed by atoms with Crippen molar-refractivity contribution < 1.29 is 9.59 Å². The predicted molar refractivity (Wildman–Crippen MR) is 55.0 cm³/mol. The maximum Gasteiger partial charge on any atom is 0.234 e. The minimum Gasteiger partial charge on any atom is -0.368 e. The highest BCUT2D eigenvalue weighted by Crippen LogP contribution is 2.15. The van der Waals surface area contributed by atoms with Crippen LogP contribution in [0.5, 0.6) is 0 Å². The van der Waals surface area contributed by atoms with E-state index in [4.69, 9.17) is 5.73 Å². The molecule has 2 atom stereocenters. The van der Waals surface area contributed by atoms with Crippen LogP contribution in [-0.2, 0) is 9.59 Å². The number of rotatable bonds is 4. The van der Waals surface area contributed by atoms with Gasteiger partial charge in [-0.1, -0.05) is 0 Å². The highest BCUT2D eigenvalue weighted by molar-refractivity contribution is 5.85. The van der Waals surface area contributed by atoms with E-state index in [-0.39, 0.29) is 24.2 Å². The van der Waals surface area contributed by atoms with Gasteiger partial charge in [-0.15, -0.1) is 12.4 Å². The molecule has 1 aliphatic rings. The monoisotopic (exact) mass is 221 g/mol. The van der Waals surface area contributed by atoms with Gasteiger partial charge in [-0.2, -0.15) is 0 Å². The molecule has 1 aliphatic heterocycles. The van der Waals surface area contributed by atoms with E-state index >= 15 is 0 Å². The Hall–Kier alpha value is -0.810. The van der Waals surface area contributed by atoms with Crippen molar-refractivity contribution in [3.63, 3.8) is 0 Å².